The van der Waals surface area contributed by atoms with Gasteiger partial charge in [-0.2, -0.15) is 5.10 Å². The topological polar surface area (TPSA) is 81.0 Å². The third-order valence-corrected chi connectivity index (χ3v) is 5.29. The van der Waals surface area contributed by atoms with Gasteiger partial charge in [-0.25, -0.2) is 9.50 Å². The van der Waals surface area contributed by atoms with Gasteiger partial charge >= 0.3 is 0 Å². The minimum Gasteiger partial charge on any atom is -0.493 e. The molecule has 1 fully saturated rings. The highest BCUT2D eigenvalue weighted by molar-refractivity contribution is 5.93. The Balaban J connectivity index is 1.70. The van der Waals surface area contributed by atoms with Gasteiger partial charge in [0.25, 0.3) is 5.91 Å². The van der Waals surface area contributed by atoms with Gasteiger partial charge in [0.1, 0.15) is 0 Å². The zero-order valence-corrected chi connectivity index (χ0v) is 16.9. The van der Waals surface area contributed by atoms with Crippen molar-refractivity contribution in [1.82, 2.24) is 24.8 Å². The number of nitrogens with one attached hydrogen (secondary N) is 1. The molecule has 3 heterocycles. The highest BCUT2D eigenvalue weighted by atomic mass is 16.5. The van der Waals surface area contributed by atoms with Gasteiger partial charge in [0.15, 0.2) is 22.8 Å². The molecule has 1 aliphatic heterocycles. The molecule has 1 unspecified atom stereocenters. The van der Waals surface area contributed by atoms with Crippen LogP contribution in [0.3, 0.4) is 0 Å². The third kappa shape index (κ3) is 3.63. The molecule has 4 rings (SSSR count). The molecular formula is C21H25N5O3. The summed E-state index contributed by atoms with van der Waals surface area (Å²) in [6.45, 7) is 4.29. The Morgan fingerprint density at radius 2 is 2.03 bits per heavy atom. The Hall–Kier alpha value is -3.13. The van der Waals surface area contributed by atoms with Gasteiger partial charge in [-0.1, -0.05) is 6.92 Å². The first-order valence-corrected chi connectivity index (χ1v) is 9.74. The summed E-state index contributed by atoms with van der Waals surface area (Å²) in [5.74, 6) is 1.22. The average molecular weight is 395 g/mol. The molecule has 1 amide bonds. The van der Waals surface area contributed by atoms with Crippen molar-refractivity contribution in [3.05, 3.63) is 42.2 Å². The molecule has 1 N–H and O–H groups in total. The Morgan fingerprint density at radius 3 is 2.79 bits per heavy atom. The second-order valence-electron chi connectivity index (χ2n) is 7.01. The van der Waals surface area contributed by atoms with Crippen molar-refractivity contribution in [2.45, 2.75) is 19.4 Å². The maximum atomic E-state index is 13.0. The summed E-state index contributed by atoms with van der Waals surface area (Å²) in [6, 6.07) is 9.61. The van der Waals surface area contributed by atoms with E-state index in [0.717, 1.165) is 24.2 Å². The molecule has 8 nitrogen and oxygen atoms in total. The van der Waals surface area contributed by atoms with Crippen molar-refractivity contribution in [2.75, 3.05) is 33.9 Å². The van der Waals surface area contributed by atoms with Gasteiger partial charge in [-0.3, -0.25) is 4.79 Å². The summed E-state index contributed by atoms with van der Waals surface area (Å²) >= 11 is 0. The van der Waals surface area contributed by atoms with Crippen LogP contribution in [0.4, 0.5) is 0 Å². The Kier molecular flexibility index (Phi) is 5.35. The van der Waals surface area contributed by atoms with Gasteiger partial charge in [0, 0.05) is 43.5 Å². The van der Waals surface area contributed by atoms with Crippen LogP contribution < -0.4 is 14.8 Å². The minimum atomic E-state index is -0.0614. The summed E-state index contributed by atoms with van der Waals surface area (Å²) < 4.78 is 12.4. The molecule has 3 aromatic rings. The zero-order valence-electron chi connectivity index (χ0n) is 16.9. The van der Waals surface area contributed by atoms with E-state index in [4.69, 9.17) is 9.47 Å². The lowest BCUT2D eigenvalue weighted by atomic mass is 10.1. The van der Waals surface area contributed by atoms with Crippen molar-refractivity contribution in [1.29, 1.82) is 0 Å². The van der Waals surface area contributed by atoms with Crippen molar-refractivity contribution in [2.24, 2.45) is 0 Å². The maximum absolute atomic E-state index is 13.0. The lowest BCUT2D eigenvalue weighted by molar-refractivity contribution is 0.0695. The number of carbonyl (C=O) groups is 1. The molecule has 0 aliphatic carbocycles. The lowest BCUT2D eigenvalue weighted by Gasteiger charge is -2.32. The largest absolute Gasteiger partial charge is 0.493 e. The molecule has 1 aliphatic rings. The van der Waals surface area contributed by atoms with Gasteiger partial charge < -0.3 is 19.7 Å². The molecule has 1 atom stereocenters. The van der Waals surface area contributed by atoms with Crippen LogP contribution in [0.2, 0.25) is 0 Å². The number of rotatable bonds is 5. The van der Waals surface area contributed by atoms with Crippen LogP contribution in [-0.4, -0.2) is 65.3 Å². The monoisotopic (exact) mass is 395 g/mol. The fourth-order valence-electron chi connectivity index (χ4n) is 3.66. The molecule has 152 valence electrons. The molecule has 0 spiro atoms. The Morgan fingerprint density at radius 1 is 1.21 bits per heavy atom. The third-order valence-electron chi connectivity index (χ3n) is 5.29. The Labute approximate surface area is 169 Å². The smallest absolute Gasteiger partial charge is 0.274 e. The van der Waals surface area contributed by atoms with Crippen LogP contribution in [0, 0.1) is 0 Å². The predicted octanol–water partition coefficient (Wildman–Crippen LogP) is 2.24. The summed E-state index contributed by atoms with van der Waals surface area (Å²) in [5, 5.41) is 8.01. The van der Waals surface area contributed by atoms with Gasteiger partial charge in [-0.05, 0) is 30.7 Å². The fourth-order valence-corrected chi connectivity index (χ4v) is 3.66. The predicted molar refractivity (Wildman–Crippen MR) is 110 cm³/mol. The van der Waals surface area contributed by atoms with E-state index < -0.39 is 0 Å². The van der Waals surface area contributed by atoms with Crippen LogP contribution in [-0.2, 0) is 0 Å². The van der Waals surface area contributed by atoms with Gasteiger partial charge in [0.2, 0.25) is 0 Å². The van der Waals surface area contributed by atoms with E-state index in [-0.39, 0.29) is 5.91 Å². The van der Waals surface area contributed by atoms with Gasteiger partial charge in [0.05, 0.1) is 19.9 Å². The van der Waals surface area contributed by atoms with E-state index in [0.29, 0.717) is 42.0 Å². The molecule has 1 aromatic carbocycles. The molecule has 29 heavy (non-hydrogen) atoms. The van der Waals surface area contributed by atoms with E-state index >= 15 is 0 Å². The van der Waals surface area contributed by atoms with Gasteiger partial charge in [-0.15, -0.1) is 0 Å². The molecule has 0 radical (unpaired) electrons. The molecular weight excluding hydrogens is 370 g/mol. The molecule has 0 bridgehead atoms. The molecule has 0 saturated carbocycles. The number of amides is 1. The number of carbonyl (C=O) groups excluding carboxylic acids is 1. The first-order valence-electron chi connectivity index (χ1n) is 9.74. The number of nitrogens with zero attached hydrogens (tertiary/aromatic N) is 4. The van der Waals surface area contributed by atoms with E-state index in [1.54, 1.807) is 31.0 Å². The number of aromatic nitrogens is 3. The number of benzene rings is 1. The summed E-state index contributed by atoms with van der Waals surface area (Å²) in [6.07, 6.45) is 2.70. The summed E-state index contributed by atoms with van der Waals surface area (Å²) in [7, 11) is 3.21. The van der Waals surface area contributed by atoms with E-state index in [9.17, 15) is 4.79 Å². The normalized spacial score (nSPS) is 16.8. The number of hydrogen-bond acceptors (Lipinski definition) is 6. The lowest BCUT2D eigenvalue weighted by Crippen LogP contribution is -2.52. The highest BCUT2D eigenvalue weighted by Gasteiger charge is 2.25. The van der Waals surface area contributed by atoms with Crippen LogP contribution in [0.15, 0.2) is 36.5 Å². The number of ether oxygens (including phenoxy) is 2. The fraction of sp³-hybridized carbons (Fsp3) is 0.381. The van der Waals surface area contributed by atoms with Crippen molar-refractivity contribution >= 4 is 11.6 Å². The van der Waals surface area contributed by atoms with Crippen LogP contribution in [0.25, 0.3) is 16.9 Å². The SMILES string of the molecule is CCC1CN(C(=O)c2cc3nccc(-c4ccc(OC)c(OC)c4)n3n2)CCN1. The molecule has 2 aromatic heterocycles. The zero-order chi connectivity index (χ0) is 20.4. The number of methoxy groups -OCH3 is 2. The second kappa shape index (κ2) is 8.08. The first kappa shape index (κ1) is 19.2. The van der Waals surface area contributed by atoms with Crippen LogP contribution in [0.1, 0.15) is 23.8 Å². The van der Waals surface area contributed by atoms with Crippen molar-refractivity contribution < 1.29 is 14.3 Å². The van der Waals surface area contributed by atoms with E-state index in [2.05, 4.69) is 22.3 Å². The minimum absolute atomic E-state index is 0.0614. The first-order chi connectivity index (χ1) is 14.1. The standard InChI is InChI=1S/C21H25N5O3/c1-4-15-13-25(10-9-22-15)21(27)16-12-20-23-8-7-17(26(20)24-16)14-5-6-18(28-2)19(11-14)29-3/h5-8,11-12,15,22H,4,9-10,13H2,1-3H3. The second-order valence-corrected chi connectivity index (χ2v) is 7.01. The summed E-state index contributed by atoms with van der Waals surface area (Å²) in [4.78, 5) is 19.3. The number of hydrogen-bond donors (Lipinski definition) is 1. The van der Waals surface area contributed by atoms with E-state index in [1.165, 1.54) is 0 Å². The highest BCUT2D eigenvalue weighted by Crippen LogP contribution is 2.32. The van der Waals surface area contributed by atoms with Crippen LogP contribution in [0.5, 0.6) is 11.5 Å². The quantitative estimate of drug-likeness (QED) is 0.714. The average Bonchev–Trinajstić information content (AvgIpc) is 3.22. The van der Waals surface area contributed by atoms with Crippen molar-refractivity contribution in [3.8, 4) is 22.8 Å². The molecule has 8 heteroatoms. The Bertz CT molecular complexity index is 1030. The van der Waals surface area contributed by atoms with Crippen molar-refractivity contribution in [3.63, 3.8) is 0 Å². The number of fused-ring (bicyclic) bond motifs is 1. The van der Waals surface area contributed by atoms with Crippen LogP contribution >= 0.6 is 0 Å². The van der Waals surface area contributed by atoms with E-state index in [1.807, 2.05) is 29.2 Å². The summed E-state index contributed by atoms with van der Waals surface area (Å²) in [5.41, 5.74) is 2.75. The molecule has 1 saturated heterocycles. The maximum Gasteiger partial charge on any atom is 0.274 e. The number of piperazine rings is 1.